The Morgan fingerprint density at radius 3 is 2.84 bits per heavy atom. The van der Waals surface area contributed by atoms with Crippen molar-refractivity contribution in [3.05, 3.63) is 23.8 Å². The molecule has 138 valence electrons. The summed E-state index contributed by atoms with van der Waals surface area (Å²) >= 11 is 0. The average molecular weight is 349 g/mol. The van der Waals surface area contributed by atoms with Crippen LogP contribution in [0.3, 0.4) is 0 Å². The third-order valence-corrected chi connectivity index (χ3v) is 4.04. The highest BCUT2D eigenvalue weighted by Gasteiger charge is 2.27. The third-order valence-electron chi connectivity index (χ3n) is 4.04. The van der Waals surface area contributed by atoms with Gasteiger partial charge in [-0.1, -0.05) is 0 Å². The van der Waals surface area contributed by atoms with E-state index in [1.807, 2.05) is 25.8 Å². The van der Waals surface area contributed by atoms with Crippen molar-refractivity contribution in [1.29, 1.82) is 0 Å². The van der Waals surface area contributed by atoms with E-state index in [1.54, 1.807) is 25.3 Å². The average Bonchev–Trinajstić information content (AvgIpc) is 2.56. The van der Waals surface area contributed by atoms with Crippen molar-refractivity contribution in [3.8, 4) is 5.75 Å². The number of nitrogens with one attached hydrogen (secondary N) is 2. The lowest BCUT2D eigenvalue weighted by molar-refractivity contribution is -0.122. The van der Waals surface area contributed by atoms with Crippen LogP contribution < -0.4 is 20.3 Å². The van der Waals surface area contributed by atoms with Gasteiger partial charge >= 0.3 is 0 Å². The summed E-state index contributed by atoms with van der Waals surface area (Å²) in [7, 11) is 3.51. The zero-order valence-electron chi connectivity index (χ0n) is 15.3. The van der Waals surface area contributed by atoms with Gasteiger partial charge in [-0.05, 0) is 32.0 Å². The number of carbonyl (C=O) groups excluding carboxylic acids is 2. The maximum Gasteiger partial charge on any atom is 0.251 e. The number of hydrogen-bond donors (Lipinski definition) is 2. The van der Waals surface area contributed by atoms with E-state index < -0.39 is 0 Å². The minimum absolute atomic E-state index is 0.00707. The highest BCUT2D eigenvalue weighted by Crippen LogP contribution is 2.34. The lowest BCUT2D eigenvalue weighted by Gasteiger charge is -2.35. The van der Waals surface area contributed by atoms with Gasteiger partial charge < -0.3 is 25.0 Å². The fourth-order valence-electron chi connectivity index (χ4n) is 2.71. The molecular weight excluding hydrogens is 322 g/mol. The van der Waals surface area contributed by atoms with Gasteiger partial charge in [0.25, 0.3) is 5.91 Å². The number of amides is 2. The highest BCUT2D eigenvalue weighted by atomic mass is 16.5. The normalized spacial score (nSPS) is 16.2. The molecule has 2 amide bonds. The van der Waals surface area contributed by atoms with Gasteiger partial charge in [0, 0.05) is 32.3 Å². The minimum atomic E-state index is -0.159. The van der Waals surface area contributed by atoms with Crippen molar-refractivity contribution < 1.29 is 19.1 Å². The first-order valence-corrected chi connectivity index (χ1v) is 8.48. The molecule has 1 heterocycles. The zero-order valence-corrected chi connectivity index (χ0v) is 15.3. The van der Waals surface area contributed by atoms with Crippen LogP contribution in [0, 0.1) is 0 Å². The maximum absolute atomic E-state index is 12.2. The van der Waals surface area contributed by atoms with Crippen LogP contribution in [0.2, 0.25) is 0 Å². The first-order valence-electron chi connectivity index (χ1n) is 8.48. The van der Waals surface area contributed by atoms with Gasteiger partial charge in [-0.2, -0.15) is 0 Å². The van der Waals surface area contributed by atoms with E-state index >= 15 is 0 Å². The number of ether oxygens (including phenoxy) is 2. The molecular formula is C18H27N3O4. The number of methoxy groups -OCH3 is 1. The molecule has 0 saturated carbocycles. The van der Waals surface area contributed by atoms with Crippen LogP contribution in [0.25, 0.3) is 0 Å². The molecule has 1 aromatic rings. The quantitative estimate of drug-likeness (QED) is 0.723. The lowest BCUT2D eigenvalue weighted by Crippen LogP contribution is -2.44. The number of likely N-dealkylation sites (N-methyl/N-ethyl adjacent to an activating group) is 1. The van der Waals surface area contributed by atoms with Crippen LogP contribution in [0.5, 0.6) is 5.75 Å². The Morgan fingerprint density at radius 1 is 1.40 bits per heavy atom. The fraction of sp³-hybridized carbons (Fsp3) is 0.556. The smallest absolute Gasteiger partial charge is 0.251 e. The van der Waals surface area contributed by atoms with E-state index in [-0.39, 0.29) is 23.9 Å². The van der Waals surface area contributed by atoms with E-state index in [9.17, 15) is 9.59 Å². The molecule has 25 heavy (non-hydrogen) atoms. The van der Waals surface area contributed by atoms with Crippen LogP contribution in [0.1, 0.15) is 30.6 Å². The van der Waals surface area contributed by atoms with Gasteiger partial charge in [0.15, 0.2) is 0 Å². The summed E-state index contributed by atoms with van der Waals surface area (Å²) in [6.45, 7) is 5.23. The lowest BCUT2D eigenvalue weighted by atomic mass is 10.1. The number of fused-ring (bicyclic) bond motifs is 1. The van der Waals surface area contributed by atoms with E-state index in [0.29, 0.717) is 31.7 Å². The molecule has 0 radical (unpaired) electrons. The Morgan fingerprint density at radius 2 is 2.16 bits per heavy atom. The van der Waals surface area contributed by atoms with E-state index in [2.05, 4.69) is 10.6 Å². The summed E-state index contributed by atoms with van der Waals surface area (Å²) < 4.78 is 10.7. The van der Waals surface area contributed by atoms with Crippen molar-refractivity contribution in [1.82, 2.24) is 10.6 Å². The number of rotatable bonds is 7. The van der Waals surface area contributed by atoms with Crippen LogP contribution in [-0.2, 0) is 9.53 Å². The Kier molecular flexibility index (Phi) is 6.64. The second kappa shape index (κ2) is 8.71. The van der Waals surface area contributed by atoms with Gasteiger partial charge in [0.05, 0.1) is 24.8 Å². The van der Waals surface area contributed by atoms with Crippen molar-refractivity contribution in [3.63, 3.8) is 0 Å². The number of anilines is 1. The molecule has 2 N–H and O–H groups in total. The molecule has 1 atom stereocenters. The second-order valence-corrected chi connectivity index (χ2v) is 6.43. The topological polar surface area (TPSA) is 79.9 Å². The van der Waals surface area contributed by atoms with Crippen LogP contribution >= 0.6 is 0 Å². The summed E-state index contributed by atoms with van der Waals surface area (Å²) in [6, 6.07) is 5.36. The molecule has 1 aliphatic heterocycles. The molecule has 0 aliphatic carbocycles. The Balaban J connectivity index is 2.07. The molecule has 0 fully saturated rings. The number of hydrogen-bond acceptors (Lipinski definition) is 5. The van der Waals surface area contributed by atoms with Crippen LogP contribution in [-0.4, -0.2) is 57.8 Å². The van der Waals surface area contributed by atoms with E-state index in [4.69, 9.17) is 9.47 Å². The Bertz CT molecular complexity index is 618. The molecule has 7 heteroatoms. The largest absolute Gasteiger partial charge is 0.489 e. The maximum atomic E-state index is 12.2. The summed E-state index contributed by atoms with van der Waals surface area (Å²) in [6.07, 6.45) is 0.346. The van der Waals surface area contributed by atoms with Crippen molar-refractivity contribution in [2.45, 2.75) is 32.4 Å². The van der Waals surface area contributed by atoms with Crippen LogP contribution in [0.4, 0.5) is 5.69 Å². The molecule has 0 saturated heterocycles. The standard InChI is InChI=1S/C18H27N3O4/c1-12(2)20-17(22)10-14-11-25-16-6-5-13(9-15(16)21(14)3)18(23)19-7-8-24-4/h5-6,9,12,14H,7-8,10-11H2,1-4H3,(H,19,23)(H,20,22)/t14-/m1/s1. The van der Waals surface area contributed by atoms with E-state index in [1.165, 1.54) is 0 Å². The number of benzene rings is 1. The molecule has 1 aromatic carbocycles. The molecule has 0 spiro atoms. The van der Waals surface area contributed by atoms with Crippen molar-refractivity contribution in [2.75, 3.05) is 38.8 Å². The van der Waals surface area contributed by atoms with Gasteiger partial charge in [-0.15, -0.1) is 0 Å². The monoisotopic (exact) mass is 349 g/mol. The molecule has 1 aliphatic rings. The molecule has 7 nitrogen and oxygen atoms in total. The molecule has 2 rings (SSSR count). The summed E-state index contributed by atoms with van der Waals surface area (Å²) in [5.41, 5.74) is 1.37. The Labute approximate surface area is 148 Å². The fourth-order valence-corrected chi connectivity index (χ4v) is 2.71. The number of carbonyl (C=O) groups is 2. The van der Waals surface area contributed by atoms with Crippen molar-refractivity contribution >= 4 is 17.5 Å². The van der Waals surface area contributed by atoms with Crippen molar-refractivity contribution in [2.24, 2.45) is 0 Å². The second-order valence-electron chi connectivity index (χ2n) is 6.43. The number of nitrogens with zero attached hydrogens (tertiary/aromatic N) is 1. The molecule has 0 bridgehead atoms. The van der Waals surface area contributed by atoms with Gasteiger partial charge in [-0.3, -0.25) is 9.59 Å². The minimum Gasteiger partial charge on any atom is -0.489 e. The van der Waals surface area contributed by atoms with Gasteiger partial charge in [-0.25, -0.2) is 0 Å². The van der Waals surface area contributed by atoms with Crippen LogP contribution in [0.15, 0.2) is 18.2 Å². The highest BCUT2D eigenvalue weighted by molar-refractivity contribution is 5.95. The first kappa shape index (κ1) is 19.1. The van der Waals surface area contributed by atoms with Gasteiger partial charge in [0.1, 0.15) is 12.4 Å². The third kappa shape index (κ3) is 5.09. The SMILES string of the molecule is COCCNC(=O)c1ccc2c(c1)N(C)[C@H](CC(=O)NC(C)C)CO2. The first-order chi connectivity index (χ1) is 11.9. The predicted molar refractivity (Wildman–Crippen MR) is 96.2 cm³/mol. The molecule has 0 unspecified atom stereocenters. The van der Waals surface area contributed by atoms with Gasteiger partial charge in [0.2, 0.25) is 5.91 Å². The summed E-state index contributed by atoms with van der Waals surface area (Å²) in [4.78, 5) is 26.2. The summed E-state index contributed by atoms with van der Waals surface area (Å²) in [5, 5.41) is 5.69. The molecule has 0 aromatic heterocycles. The Hall–Kier alpha value is -2.28. The zero-order chi connectivity index (χ0) is 18.4. The predicted octanol–water partition coefficient (Wildman–Crippen LogP) is 1.17. The van der Waals surface area contributed by atoms with E-state index in [0.717, 1.165) is 11.4 Å². The summed E-state index contributed by atoms with van der Waals surface area (Å²) in [5.74, 6) is 0.553.